The minimum absolute atomic E-state index is 0.0367. The van der Waals surface area contributed by atoms with Gasteiger partial charge in [-0.2, -0.15) is 15.0 Å². The third-order valence-corrected chi connectivity index (χ3v) is 6.49. The minimum atomic E-state index is 0.0367. The van der Waals surface area contributed by atoms with E-state index in [0.29, 0.717) is 51.2 Å². The van der Waals surface area contributed by atoms with Crippen LogP contribution in [0.2, 0.25) is 0 Å². The van der Waals surface area contributed by atoms with Gasteiger partial charge in [0.1, 0.15) is 0 Å². The van der Waals surface area contributed by atoms with Gasteiger partial charge in [-0.3, -0.25) is 0 Å². The molecule has 5 aromatic rings. The van der Waals surface area contributed by atoms with Crippen LogP contribution in [-0.2, 0) is 17.8 Å². The number of morpholine rings is 1. The number of rotatable bonds is 8. The Morgan fingerprint density at radius 2 is 1.68 bits per heavy atom. The van der Waals surface area contributed by atoms with Crippen LogP contribution in [0.5, 0.6) is 6.01 Å². The minimum Gasteiger partial charge on any atom is -0.463 e. The summed E-state index contributed by atoms with van der Waals surface area (Å²) in [5, 5.41) is 14.9. The molecule has 1 fully saturated rings. The van der Waals surface area contributed by atoms with Crippen LogP contribution >= 0.6 is 0 Å². The molecule has 1 aliphatic heterocycles. The molecule has 9 nitrogen and oxygen atoms in total. The summed E-state index contributed by atoms with van der Waals surface area (Å²) in [6, 6.07) is 22.5. The molecule has 3 N–H and O–H groups in total. The number of nitrogens with one attached hydrogen (secondary N) is 2. The highest BCUT2D eigenvalue weighted by molar-refractivity contribution is 6.08. The quantitative estimate of drug-likeness (QED) is 0.293. The number of nitrogens with zero attached hydrogens (tertiary/aromatic N) is 4. The average molecular weight is 497 g/mol. The highest BCUT2D eigenvalue weighted by atomic mass is 16.5. The van der Waals surface area contributed by atoms with E-state index in [4.69, 9.17) is 14.5 Å². The topological polar surface area (TPSA) is 108 Å². The fourth-order valence-electron chi connectivity index (χ4n) is 4.50. The molecule has 1 saturated heterocycles. The zero-order valence-electron chi connectivity index (χ0n) is 20.4. The van der Waals surface area contributed by atoms with Crippen molar-refractivity contribution in [3.05, 3.63) is 77.9 Å². The number of aromatic nitrogens is 4. The van der Waals surface area contributed by atoms with Crippen molar-refractivity contribution in [2.24, 2.45) is 0 Å². The molecule has 0 saturated carbocycles. The van der Waals surface area contributed by atoms with Gasteiger partial charge in [-0.05, 0) is 35.4 Å². The third-order valence-electron chi connectivity index (χ3n) is 6.49. The van der Waals surface area contributed by atoms with Crippen molar-refractivity contribution in [2.45, 2.75) is 13.0 Å². The number of hydrogen-bond acceptors (Lipinski definition) is 8. The van der Waals surface area contributed by atoms with E-state index >= 15 is 0 Å². The van der Waals surface area contributed by atoms with Crippen molar-refractivity contribution in [1.29, 1.82) is 0 Å². The van der Waals surface area contributed by atoms with Gasteiger partial charge in [0.25, 0.3) is 0 Å². The summed E-state index contributed by atoms with van der Waals surface area (Å²) < 4.78 is 11.5. The Labute approximate surface area is 214 Å². The summed E-state index contributed by atoms with van der Waals surface area (Å²) in [4.78, 5) is 19.4. The Bertz CT molecular complexity index is 1510. The predicted molar refractivity (Wildman–Crippen MR) is 144 cm³/mol. The first-order valence-corrected chi connectivity index (χ1v) is 12.4. The summed E-state index contributed by atoms with van der Waals surface area (Å²) >= 11 is 0. The maximum atomic E-state index is 9.24. The molecule has 0 aliphatic carbocycles. The van der Waals surface area contributed by atoms with Crippen LogP contribution in [-0.4, -0.2) is 58.0 Å². The third kappa shape index (κ3) is 5.18. The number of fused-ring (bicyclic) bond motifs is 3. The number of para-hydroxylation sites is 1. The number of benzene rings is 3. The van der Waals surface area contributed by atoms with Gasteiger partial charge in [0.2, 0.25) is 11.9 Å². The fraction of sp³-hybridized carbons (Fsp3) is 0.250. The number of aliphatic hydroxyl groups is 1. The number of hydrogen-bond donors (Lipinski definition) is 3. The van der Waals surface area contributed by atoms with Gasteiger partial charge in [-0.1, -0.05) is 42.5 Å². The second-order valence-electron chi connectivity index (χ2n) is 8.97. The van der Waals surface area contributed by atoms with Crippen LogP contribution in [0, 0.1) is 0 Å². The molecule has 6 rings (SSSR count). The molecule has 0 bridgehead atoms. The van der Waals surface area contributed by atoms with Gasteiger partial charge >= 0.3 is 6.01 Å². The summed E-state index contributed by atoms with van der Waals surface area (Å²) in [7, 11) is 0. The van der Waals surface area contributed by atoms with Crippen molar-refractivity contribution in [3.8, 4) is 6.01 Å². The SMILES string of the molecule is OCc1ccc(CCOc2nc(Nc3ccc4[nH]c5ccccc5c4c3)nc(N3CCOCC3)n2)cc1. The average Bonchev–Trinajstić information content (AvgIpc) is 3.32. The predicted octanol–water partition coefficient (Wildman–Crippen LogP) is 4.20. The smallest absolute Gasteiger partial charge is 0.323 e. The first-order chi connectivity index (χ1) is 18.2. The molecule has 2 aromatic heterocycles. The maximum Gasteiger partial charge on any atom is 0.323 e. The van der Waals surface area contributed by atoms with E-state index in [1.807, 2.05) is 42.5 Å². The molecule has 188 valence electrons. The van der Waals surface area contributed by atoms with Gasteiger partial charge in [0.05, 0.1) is 26.4 Å². The second kappa shape index (κ2) is 10.4. The van der Waals surface area contributed by atoms with E-state index in [1.165, 1.54) is 5.39 Å². The molecule has 0 unspecified atom stereocenters. The Morgan fingerprint density at radius 1 is 0.892 bits per heavy atom. The van der Waals surface area contributed by atoms with Crippen molar-refractivity contribution >= 4 is 39.4 Å². The summed E-state index contributed by atoms with van der Waals surface area (Å²) in [6.45, 7) is 3.14. The van der Waals surface area contributed by atoms with Crippen molar-refractivity contribution < 1.29 is 14.6 Å². The molecule has 1 aliphatic rings. The van der Waals surface area contributed by atoms with Crippen LogP contribution in [0.15, 0.2) is 66.7 Å². The molecule has 3 aromatic carbocycles. The highest BCUT2D eigenvalue weighted by Gasteiger charge is 2.18. The van der Waals surface area contributed by atoms with Gasteiger partial charge in [0.15, 0.2) is 0 Å². The number of H-pyrrole nitrogens is 1. The Balaban J connectivity index is 1.24. The Hall–Kier alpha value is -4.21. The number of anilines is 3. The molecule has 9 heteroatoms. The van der Waals surface area contributed by atoms with E-state index in [-0.39, 0.29) is 12.6 Å². The van der Waals surface area contributed by atoms with Crippen LogP contribution in [0.3, 0.4) is 0 Å². The standard InChI is InChI=1S/C28H28N6O3/c35-18-20-7-5-19(6-8-20)11-14-37-28-32-26(31-27(33-28)34-12-15-36-16-13-34)29-21-9-10-25-23(17-21)22-3-1-2-4-24(22)30-25/h1-10,17,30,35H,11-16,18H2,(H,29,31,32,33). The van der Waals surface area contributed by atoms with E-state index in [0.717, 1.165) is 33.2 Å². The second-order valence-corrected chi connectivity index (χ2v) is 8.97. The summed E-state index contributed by atoms with van der Waals surface area (Å²) in [5.41, 5.74) is 5.06. The normalized spacial score (nSPS) is 13.8. The Kier molecular flexibility index (Phi) is 6.53. The van der Waals surface area contributed by atoms with Crippen LogP contribution in [0.4, 0.5) is 17.6 Å². The van der Waals surface area contributed by atoms with Crippen molar-refractivity contribution in [3.63, 3.8) is 0 Å². The Morgan fingerprint density at radius 3 is 2.51 bits per heavy atom. The van der Waals surface area contributed by atoms with Crippen LogP contribution < -0.4 is 15.0 Å². The molecular weight excluding hydrogens is 468 g/mol. The van der Waals surface area contributed by atoms with Gasteiger partial charge in [0, 0.05) is 47.0 Å². The van der Waals surface area contributed by atoms with E-state index in [9.17, 15) is 5.11 Å². The largest absolute Gasteiger partial charge is 0.463 e. The lowest BCUT2D eigenvalue weighted by Crippen LogP contribution is -2.37. The van der Waals surface area contributed by atoms with Gasteiger partial charge < -0.3 is 29.8 Å². The molecule has 37 heavy (non-hydrogen) atoms. The lowest BCUT2D eigenvalue weighted by atomic mass is 10.1. The zero-order chi connectivity index (χ0) is 25.0. The molecule has 0 spiro atoms. The molecule has 0 atom stereocenters. The summed E-state index contributed by atoms with van der Waals surface area (Å²) in [5.74, 6) is 0.995. The van der Waals surface area contributed by atoms with Gasteiger partial charge in [-0.15, -0.1) is 0 Å². The first kappa shape index (κ1) is 23.2. The monoisotopic (exact) mass is 496 g/mol. The maximum absolute atomic E-state index is 9.24. The van der Waals surface area contributed by atoms with E-state index in [1.54, 1.807) is 0 Å². The highest BCUT2D eigenvalue weighted by Crippen LogP contribution is 2.29. The lowest BCUT2D eigenvalue weighted by Gasteiger charge is -2.27. The molecular formula is C28H28N6O3. The van der Waals surface area contributed by atoms with Crippen LogP contribution in [0.25, 0.3) is 21.8 Å². The van der Waals surface area contributed by atoms with Crippen molar-refractivity contribution in [2.75, 3.05) is 43.1 Å². The lowest BCUT2D eigenvalue weighted by molar-refractivity contribution is 0.122. The summed E-state index contributed by atoms with van der Waals surface area (Å²) in [6.07, 6.45) is 0.699. The number of aromatic amines is 1. The van der Waals surface area contributed by atoms with E-state index in [2.05, 4.69) is 49.4 Å². The molecule has 0 radical (unpaired) electrons. The number of aliphatic hydroxyl groups excluding tert-OH is 1. The zero-order valence-corrected chi connectivity index (χ0v) is 20.4. The van der Waals surface area contributed by atoms with E-state index < -0.39 is 0 Å². The van der Waals surface area contributed by atoms with Crippen LogP contribution in [0.1, 0.15) is 11.1 Å². The van der Waals surface area contributed by atoms with Gasteiger partial charge in [-0.25, -0.2) is 0 Å². The first-order valence-electron chi connectivity index (χ1n) is 12.4. The number of ether oxygens (including phenoxy) is 2. The molecule has 0 amide bonds. The van der Waals surface area contributed by atoms with Crippen molar-refractivity contribution in [1.82, 2.24) is 19.9 Å². The molecule has 3 heterocycles. The fourth-order valence-corrected chi connectivity index (χ4v) is 4.50.